The van der Waals surface area contributed by atoms with Gasteiger partial charge < -0.3 is 5.73 Å². The molecule has 0 aliphatic rings. The number of aromatic nitrogens is 1. The fourth-order valence-corrected chi connectivity index (χ4v) is 1.36. The van der Waals surface area contributed by atoms with Crippen molar-refractivity contribution in [2.75, 3.05) is 5.73 Å². The van der Waals surface area contributed by atoms with Gasteiger partial charge in [-0.05, 0) is 30.0 Å². The predicted octanol–water partition coefficient (Wildman–Crippen LogP) is 2.13. The van der Waals surface area contributed by atoms with Crippen LogP contribution >= 0.6 is 0 Å². The van der Waals surface area contributed by atoms with E-state index in [9.17, 15) is 0 Å². The molecule has 1 aromatic heterocycles. The van der Waals surface area contributed by atoms with Crippen molar-refractivity contribution in [3.05, 3.63) is 36.2 Å². The molecule has 0 aliphatic heterocycles. The summed E-state index contributed by atoms with van der Waals surface area (Å²) in [7, 11) is 0. The van der Waals surface area contributed by atoms with Crippen LogP contribution in [-0.4, -0.2) is 4.98 Å². The van der Waals surface area contributed by atoms with E-state index in [4.69, 9.17) is 5.73 Å². The Hall–Kier alpha value is -1.57. The van der Waals surface area contributed by atoms with Gasteiger partial charge in [0.25, 0.3) is 0 Å². The van der Waals surface area contributed by atoms with E-state index < -0.39 is 0 Å². The fraction of sp³-hybridized carbons (Fsp3) is 0.100. The van der Waals surface area contributed by atoms with E-state index in [2.05, 4.69) is 11.9 Å². The zero-order valence-electron chi connectivity index (χ0n) is 6.91. The number of rotatable bonds is 0. The highest BCUT2D eigenvalue weighted by Crippen LogP contribution is 2.22. The van der Waals surface area contributed by atoms with E-state index in [1.807, 2.05) is 18.2 Å². The number of anilines is 1. The summed E-state index contributed by atoms with van der Waals surface area (Å²) in [6.07, 6.45) is 3.59. The van der Waals surface area contributed by atoms with E-state index in [1.165, 1.54) is 10.9 Å². The number of benzene rings is 1. The lowest BCUT2D eigenvalue weighted by Crippen LogP contribution is -1.88. The SMILES string of the molecule is Cc1ccc(N)c2cnccc12. The predicted molar refractivity (Wildman–Crippen MR) is 50.9 cm³/mol. The second kappa shape index (κ2) is 2.48. The van der Waals surface area contributed by atoms with Crippen molar-refractivity contribution < 1.29 is 0 Å². The Labute approximate surface area is 71.0 Å². The largest absolute Gasteiger partial charge is 0.398 e. The van der Waals surface area contributed by atoms with Crippen molar-refractivity contribution in [2.24, 2.45) is 0 Å². The second-order valence-corrected chi connectivity index (χ2v) is 2.89. The molecule has 12 heavy (non-hydrogen) atoms. The van der Waals surface area contributed by atoms with Crippen molar-refractivity contribution in [3.63, 3.8) is 0 Å². The van der Waals surface area contributed by atoms with Gasteiger partial charge in [0.05, 0.1) is 0 Å². The minimum absolute atomic E-state index is 0.795. The van der Waals surface area contributed by atoms with E-state index in [0.717, 1.165) is 11.1 Å². The molecular formula is C10H10N2. The molecule has 2 aromatic rings. The Morgan fingerprint density at radius 2 is 2.00 bits per heavy atom. The Morgan fingerprint density at radius 3 is 2.75 bits per heavy atom. The number of aryl methyl sites for hydroxylation is 1. The molecule has 0 saturated heterocycles. The first-order valence-electron chi connectivity index (χ1n) is 3.88. The number of hydrogen-bond donors (Lipinski definition) is 1. The van der Waals surface area contributed by atoms with Crippen molar-refractivity contribution in [1.29, 1.82) is 0 Å². The molecule has 2 nitrogen and oxygen atoms in total. The van der Waals surface area contributed by atoms with E-state index in [1.54, 1.807) is 12.4 Å². The molecule has 1 aromatic carbocycles. The molecule has 0 saturated carbocycles. The third-order valence-corrected chi connectivity index (χ3v) is 2.07. The summed E-state index contributed by atoms with van der Waals surface area (Å²) in [6.45, 7) is 2.07. The third kappa shape index (κ3) is 0.925. The van der Waals surface area contributed by atoms with Crippen LogP contribution in [0.4, 0.5) is 5.69 Å². The van der Waals surface area contributed by atoms with Crippen LogP contribution in [0.5, 0.6) is 0 Å². The van der Waals surface area contributed by atoms with Crippen molar-refractivity contribution in [1.82, 2.24) is 4.98 Å². The smallest absolute Gasteiger partial charge is 0.0409 e. The van der Waals surface area contributed by atoms with E-state index >= 15 is 0 Å². The first-order valence-corrected chi connectivity index (χ1v) is 3.88. The molecule has 0 bridgehead atoms. The maximum absolute atomic E-state index is 5.79. The highest BCUT2D eigenvalue weighted by Gasteiger charge is 1.98. The molecule has 2 heteroatoms. The number of fused-ring (bicyclic) bond motifs is 1. The van der Waals surface area contributed by atoms with Crippen molar-refractivity contribution in [3.8, 4) is 0 Å². The second-order valence-electron chi connectivity index (χ2n) is 2.89. The number of pyridine rings is 1. The van der Waals surface area contributed by atoms with Crippen LogP contribution in [0.2, 0.25) is 0 Å². The Bertz CT molecular complexity index is 381. The van der Waals surface area contributed by atoms with E-state index in [0.29, 0.717) is 0 Å². The molecule has 0 fully saturated rings. The van der Waals surface area contributed by atoms with Gasteiger partial charge in [-0.3, -0.25) is 4.98 Å². The number of nitrogen functional groups attached to an aromatic ring is 1. The van der Waals surface area contributed by atoms with Gasteiger partial charge in [-0.2, -0.15) is 0 Å². The van der Waals surface area contributed by atoms with Gasteiger partial charge in [0.1, 0.15) is 0 Å². The van der Waals surface area contributed by atoms with Gasteiger partial charge in [0.2, 0.25) is 0 Å². The Balaban J connectivity index is 2.95. The first kappa shape index (κ1) is 7.10. The molecule has 0 spiro atoms. The molecule has 0 unspecified atom stereocenters. The fourth-order valence-electron chi connectivity index (χ4n) is 1.36. The summed E-state index contributed by atoms with van der Waals surface area (Å²) < 4.78 is 0. The average Bonchev–Trinajstić information content (AvgIpc) is 2.12. The van der Waals surface area contributed by atoms with Crippen LogP contribution < -0.4 is 5.73 Å². The van der Waals surface area contributed by atoms with Crippen LogP contribution in [0.1, 0.15) is 5.56 Å². The molecule has 0 radical (unpaired) electrons. The molecular weight excluding hydrogens is 148 g/mol. The van der Waals surface area contributed by atoms with Gasteiger partial charge in [-0.25, -0.2) is 0 Å². The number of nitrogens with two attached hydrogens (primary N) is 1. The lowest BCUT2D eigenvalue weighted by molar-refractivity contribution is 1.36. The lowest BCUT2D eigenvalue weighted by Gasteiger charge is -2.03. The van der Waals surface area contributed by atoms with Gasteiger partial charge >= 0.3 is 0 Å². The average molecular weight is 158 g/mol. The zero-order chi connectivity index (χ0) is 8.55. The van der Waals surface area contributed by atoms with Crippen LogP contribution in [0.3, 0.4) is 0 Å². The quantitative estimate of drug-likeness (QED) is 0.596. The highest BCUT2D eigenvalue weighted by molar-refractivity contribution is 5.94. The zero-order valence-corrected chi connectivity index (χ0v) is 6.91. The van der Waals surface area contributed by atoms with Crippen molar-refractivity contribution >= 4 is 16.5 Å². The molecule has 0 aliphatic carbocycles. The maximum atomic E-state index is 5.79. The molecule has 1 heterocycles. The summed E-state index contributed by atoms with van der Waals surface area (Å²) in [6, 6.07) is 5.93. The van der Waals surface area contributed by atoms with Gasteiger partial charge in [-0.15, -0.1) is 0 Å². The summed E-state index contributed by atoms with van der Waals surface area (Å²) >= 11 is 0. The van der Waals surface area contributed by atoms with Gasteiger partial charge in [-0.1, -0.05) is 6.07 Å². The summed E-state index contributed by atoms with van der Waals surface area (Å²) in [5.41, 5.74) is 7.82. The number of nitrogens with zero attached hydrogens (tertiary/aromatic N) is 1. The van der Waals surface area contributed by atoms with Crippen LogP contribution in [0, 0.1) is 6.92 Å². The minimum atomic E-state index is 0.795. The van der Waals surface area contributed by atoms with Crippen molar-refractivity contribution in [2.45, 2.75) is 6.92 Å². The maximum Gasteiger partial charge on any atom is 0.0409 e. The highest BCUT2D eigenvalue weighted by atomic mass is 14.6. The normalized spacial score (nSPS) is 10.4. The lowest BCUT2D eigenvalue weighted by atomic mass is 10.1. The monoisotopic (exact) mass is 158 g/mol. The van der Waals surface area contributed by atoms with Crippen LogP contribution in [-0.2, 0) is 0 Å². The molecule has 60 valence electrons. The minimum Gasteiger partial charge on any atom is -0.398 e. The number of hydrogen-bond acceptors (Lipinski definition) is 2. The summed E-state index contributed by atoms with van der Waals surface area (Å²) in [5.74, 6) is 0. The Morgan fingerprint density at radius 1 is 1.17 bits per heavy atom. The van der Waals surface area contributed by atoms with Gasteiger partial charge in [0, 0.05) is 23.5 Å². The molecule has 2 N–H and O–H groups in total. The Kier molecular flexibility index (Phi) is 1.47. The van der Waals surface area contributed by atoms with Gasteiger partial charge in [0.15, 0.2) is 0 Å². The summed E-state index contributed by atoms with van der Waals surface area (Å²) in [5, 5.41) is 2.22. The van der Waals surface area contributed by atoms with Crippen LogP contribution in [0.15, 0.2) is 30.6 Å². The first-order chi connectivity index (χ1) is 5.79. The van der Waals surface area contributed by atoms with E-state index in [-0.39, 0.29) is 0 Å². The molecule has 0 amide bonds. The standard InChI is InChI=1S/C10H10N2/c1-7-2-3-10(11)9-6-12-5-4-8(7)9/h2-6H,11H2,1H3. The molecule has 2 rings (SSSR count). The van der Waals surface area contributed by atoms with Crippen LogP contribution in [0.25, 0.3) is 10.8 Å². The topological polar surface area (TPSA) is 38.9 Å². The summed E-state index contributed by atoms with van der Waals surface area (Å²) in [4.78, 5) is 4.03. The molecule has 0 atom stereocenters. The third-order valence-electron chi connectivity index (χ3n) is 2.07.